The largest absolute Gasteiger partial charge is 0.433 e. The Bertz CT molecular complexity index is 530. The summed E-state index contributed by atoms with van der Waals surface area (Å²) in [5, 5.41) is 3.62. The topological polar surface area (TPSA) is 27.7 Å². The highest BCUT2D eigenvalue weighted by molar-refractivity contribution is 6.32. The summed E-state index contributed by atoms with van der Waals surface area (Å²) in [7, 11) is 0. The Balaban J connectivity index is 0.00000208. The van der Waals surface area contributed by atoms with Gasteiger partial charge in [-0.25, -0.2) is 0 Å². The number of nitrogens with zero attached hydrogens (tertiary/aromatic N) is 2. The van der Waals surface area contributed by atoms with Gasteiger partial charge in [-0.05, 0) is 24.1 Å². The molecule has 0 aromatic heterocycles. The maximum absolute atomic E-state index is 12.3. The zero-order valence-corrected chi connectivity index (χ0v) is 15.0. The molecule has 1 aromatic carbocycles. The molecular formula is C16H23Cl2F2N3O. The molecule has 136 valence electrons. The van der Waals surface area contributed by atoms with Crippen molar-refractivity contribution in [3.05, 3.63) is 28.8 Å². The fraction of sp³-hybridized carbons (Fsp3) is 0.625. The van der Waals surface area contributed by atoms with Crippen molar-refractivity contribution in [2.24, 2.45) is 0 Å². The van der Waals surface area contributed by atoms with E-state index in [1.54, 1.807) is 6.07 Å². The summed E-state index contributed by atoms with van der Waals surface area (Å²) in [4.78, 5) is 4.95. The van der Waals surface area contributed by atoms with Gasteiger partial charge >= 0.3 is 6.61 Å². The molecule has 1 aromatic rings. The fourth-order valence-corrected chi connectivity index (χ4v) is 3.64. The number of alkyl halides is 2. The van der Waals surface area contributed by atoms with Gasteiger partial charge in [0.2, 0.25) is 0 Å². The summed E-state index contributed by atoms with van der Waals surface area (Å²) >= 11 is 6.02. The van der Waals surface area contributed by atoms with E-state index in [-0.39, 0.29) is 23.2 Å². The van der Waals surface area contributed by atoms with Gasteiger partial charge in [0, 0.05) is 51.9 Å². The fourth-order valence-electron chi connectivity index (χ4n) is 3.39. The third-order valence-electron chi connectivity index (χ3n) is 4.53. The molecule has 8 heteroatoms. The summed E-state index contributed by atoms with van der Waals surface area (Å²) < 4.78 is 28.9. The Morgan fingerprint density at radius 2 is 2.00 bits per heavy atom. The zero-order valence-electron chi connectivity index (χ0n) is 13.4. The first-order valence-electron chi connectivity index (χ1n) is 8.02. The van der Waals surface area contributed by atoms with Crippen LogP contribution in [0.3, 0.4) is 0 Å². The van der Waals surface area contributed by atoms with Crippen LogP contribution in [0, 0.1) is 0 Å². The van der Waals surface area contributed by atoms with E-state index in [0.717, 1.165) is 51.4 Å². The lowest BCUT2D eigenvalue weighted by Gasteiger charge is -2.32. The number of piperazine rings is 1. The van der Waals surface area contributed by atoms with Gasteiger partial charge < -0.3 is 10.1 Å². The lowest BCUT2D eigenvalue weighted by molar-refractivity contribution is -0.0498. The van der Waals surface area contributed by atoms with E-state index in [4.69, 9.17) is 11.6 Å². The molecule has 0 bridgehead atoms. The van der Waals surface area contributed by atoms with Crippen LogP contribution in [0.25, 0.3) is 0 Å². The van der Waals surface area contributed by atoms with E-state index in [1.165, 1.54) is 12.5 Å². The van der Waals surface area contributed by atoms with Crippen molar-refractivity contribution in [2.75, 3.05) is 39.3 Å². The molecule has 0 radical (unpaired) electrons. The van der Waals surface area contributed by atoms with Crippen LogP contribution in [0.5, 0.6) is 5.75 Å². The minimum atomic E-state index is -2.85. The molecule has 0 spiro atoms. The molecule has 4 nitrogen and oxygen atoms in total. The number of halogens is 4. The van der Waals surface area contributed by atoms with Gasteiger partial charge in [-0.2, -0.15) is 8.78 Å². The van der Waals surface area contributed by atoms with Crippen molar-refractivity contribution in [1.29, 1.82) is 0 Å². The van der Waals surface area contributed by atoms with E-state index in [0.29, 0.717) is 6.04 Å². The summed E-state index contributed by atoms with van der Waals surface area (Å²) in [6, 6.07) is 5.67. The first-order valence-corrected chi connectivity index (χ1v) is 8.40. The number of rotatable bonds is 5. The van der Waals surface area contributed by atoms with Crippen molar-refractivity contribution < 1.29 is 13.5 Å². The van der Waals surface area contributed by atoms with Gasteiger partial charge in [0.1, 0.15) is 5.75 Å². The predicted molar refractivity (Wildman–Crippen MR) is 93.5 cm³/mol. The first-order chi connectivity index (χ1) is 11.1. The summed E-state index contributed by atoms with van der Waals surface area (Å²) in [5.41, 5.74) is 1.03. The van der Waals surface area contributed by atoms with Crippen molar-refractivity contribution in [2.45, 2.75) is 25.6 Å². The molecule has 1 atom stereocenters. The highest BCUT2D eigenvalue weighted by Gasteiger charge is 2.28. The van der Waals surface area contributed by atoms with Crippen LogP contribution in [-0.2, 0) is 6.54 Å². The summed E-state index contributed by atoms with van der Waals surface area (Å²) in [6.07, 6.45) is 1.18. The molecule has 24 heavy (non-hydrogen) atoms. The van der Waals surface area contributed by atoms with Gasteiger partial charge in [-0.1, -0.05) is 17.7 Å². The smallest absolute Gasteiger partial charge is 0.387 e. The van der Waals surface area contributed by atoms with Gasteiger partial charge in [-0.3, -0.25) is 9.80 Å². The Morgan fingerprint density at radius 3 is 2.67 bits per heavy atom. The standard InChI is InChI=1S/C16H22ClF2N3O.ClH/c17-14-9-12(1-2-15(14)23-16(18)19)10-21-6-3-13(11-21)22-7-4-20-5-8-22;/h1-2,9,13,16,20H,3-8,10-11H2;1H. The molecule has 3 rings (SSSR count). The molecule has 0 aliphatic carbocycles. The van der Waals surface area contributed by atoms with Gasteiger partial charge in [0.25, 0.3) is 0 Å². The number of likely N-dealkylation sites (tertiary alicyclic amines) is 1. The zero-order chi connectivity index (χ0) is 16.2. The number of hydrogen-bond donors (Lipinski definition) is 1. The molecule has 2 heterocycles. The number of ether oxygens (including phenoxy) is 1. The normalized spacial score (nSPS) is 22.6. The third-order valence-corrected chi connectivity index (χ3v) is 4.83. The Morgan fingerprint density at radius 1 is 1.25 bits per heavy atom. The van der Waals surface area contributed by atoms with E-state index in [1.807, 2.05) is 6.07 Å². The Kier molecular flexibility index (Phi) is 7.50. The maximum Gasteiger partial charge on any atom is 0.387 e. The predicted octanol–water partition coefficient (Wildman–Crippen LogP) is 2.84. The van der Waals surface area contributed by atoms with Crippen molar-refractivity contribution >= 4 is 24.0 Å². The van der Waals surface area contributed by atoms with Crippen LogP contribution < -0.4 is 10.1 Å². The third kappa shape index (κ3) is 5.17. The second-order valence-corrected chi connectivity index (χ2v) is 6.51. The number of benzene rings is 1. The molecule has 1 unspecified atom stereocenters. The second kappa shape index (κ2) is 9.15. The van der Waals surface area contributed by atoms with Crippen molar-refractivity contribution in [3.8, 4) is 5.75 Å². The molecule has 2 aliphatic rings. The van der Waals surface area contributed by atoms with E-state index in [9.17, 15) is 8.78 Å². The van der Waals surface area contributed by atoms with Crippen LogP contribution >= 0.6 is 24.0 Å². The van der Waals surface area contributed by atoms with Crippen LogP contribution in [0.1, 0.15) is 12.0 Å². The summed E-state index contributed by atoms with van der Waals surface area (Å²) in [5.74, 6) is 0.0329. The molecule has 2 fully saturated rings. The molecule has 1 N–H and O–H groups in total. The van der Waals surface area contributed by atoms with Crippen LogP contribution in [-0.4, -0.2) is 61.7 Å². The molecule has 2 aliphatic heterocycles. The van der Waals surface area contributed by atoms with E-state index in [2.05, 4.69) is 19.9 Å². The minimum absolute atomic E-state index is 0. The van der Waals surface area contributed by atoms with Gasteiger partial charge in [-0.15, -0.1) is 12.4 Å². The molecule has 0 saturated carbocycles. The molecular weight excluding hydrogens is 359 g/mol. The van der Waals surface area contributed by atoms with Crippen molar-refractivity contribution in [1.82, 2.24) is 15.1 Å². The van der Waals surface area contributed by atoms with Crippen LogP contribution in [0.15, 0.2) is 18.2 Å². The quantitative estimate of drug-likeness (QED) is 0.848. The lowest BCUT2D eigenvalue weighted by atomic mass is 10.2. The number of nitrogens with one attached hydrogen (secondary N) is 1. The minimum Gasteiger partial charge on any atom is -0.433 e. The Labute approximate surface area is 152 Å². The maximum atomic E-state index is 12.3. The highest BCUT2D eigenvalue weighted by Crippen LogP contribution is 2.28. The van der Waals surface area contributed by atoms with Gasteiger partial charge in [0.15, 0.2) is 0 Å². The second-order valence-electron chi connectivity index (χ2n) is 6.11. The monoisotopic (exact) mass is 381 g/mol. The first kappa shape index (κ1) is 19.7. The lowest BCUT2D eigenvalue weighted by Crippen LogP contribution is -2.49. The average molecular weight is 382 g/mol. The van der Waals surface area contributed by atoms with Gasteiger partial charge in [0.05, 0.1) is 5.02 Å². The van der Waals surface area contributed by atoms with E-state index >= 15 is 0 Å². The Hall–Kier alpha value is -0.660. The number of hydrogen-bond acceptors (Lipinski definition) is 4. The van der Waals surface area contributed by atoms with E-state index < -0.39 is 6.61 Å². The average Bonchev–Trinajstić information content (AvgIpc) is 2.99. The SMILES string of the molecule is Cl.FC(F)Oc1ccc(CN2CCC(N3CCNCC3)C2)cc1Cl. The molecule has 0 amide bonds. The van der Waals surface area contributed by atoms with Crippen LogP contribution in [0.4, 0.5) is 8.78 Å². The summed E-state index contributed by atoms with van der Waals surface area (Å²) in [6.45, 7) is 4.41. The highest BCUT2D eigenvalue weighted by atomic mass is 35.5. The molecule has 2 saturated heterocycles. The van der Waals surface area contributed by atoms with Crippen LogP contribution in [0.2, 0.25) is 5.02 Å². The van der Waals surface area contributed by atoms with Crippen molar-refractivity contribution in [3.63, 3.8) is 0 Å².